The lowest BCUT2D eigenvalue weighted by molar-refractivity contribution is -0.110. The molecule has 0 aromatic heterocycles. The topological polar surface area (TPSA) is 87.3 Å². The third kappa shape index (κ3) is 3.93. The summed E-state index contributed by atoms with van der Waals surface area (Å²) in [6.07, 6.45) is 1.19. The van der Waals surface area contributed by atoms with Gasteiger partial charge in [0, 0.05) is 18.7 Å². The Labute approximate surface area is 106 Å². The predicted molar refractivity (Wildman–Crippen MR) is 68.3 cm³/mol. The van der Waals surface area contributed by atoms with Gasteiger partial charge in [-0.3, -0.25) is 14.4 Å². The van der Waals surface area contributed by atoms with E-state index in [2.05, 4.69) is 15.9 Å². The fraction of sp³-hybridized carbons (Fsp3) is 0.182. The highest BCUT2D eigenvalue weighted by molar-refractivity contribution is 6.18. The lowest BCUT2D eigenvalue weighted by Gasteiger charge is -2.08. The van der Waals surface area contributed by atoms with Crippen LogP contribution in [-0.2, 0) is 22.7 Å². The van der Waals surface area contributed by atoms with Gasteiger partial charge in [0.15, 0.2) is 0 Å². The fourth-order valence-corrected chi connectivity index (χ4v) is 1.56. The number of hydrogen-bond donors (Lipinski definition) is 3. The summed E-state index contributed by atoms with van der Waals surface area (Å²) in [4.78, 5) is 32.1. The lowest BCUT2D eigenvalue weighted by atomic mass is 10.0. The smallest absolute Gasteiger partial charge is 0.238 e. The highest BCUT2D eigenvalue weighted by Crippen LogP contribution is 2.10. The second kappa shape index (κ2) is 7.11. The minimum atomic E-state index is -0.213. The number of amides is 3. The summed E-state index contributed by atoms with van der Waals surface area (Å²) in [6.45, 7) is 0.671. The SMILES string of the molecule is BNC(=O)c1cc(CNC=O)cc(CNC=O)c1. The number of rotatable bonds is 7. The van der Waals surface area contributed by atoms with Gasteiger partial charge < -0.3 is 15.9 Å². The number of nitrogens with one attached hydrogen (secondary N) is 3. The maximum atomic E-state index is 11.6. The first-order chi connectivity index (χ1) is 8.71. The molecule has 7 heteroatoms. The zero-order valence-corrected chi connectivity index (χ0v) is 10.0. The van der Waals surface area contributed by atoms with Crippen molar-refractivity contribution < 1.29 is 14.4 Å². The monoisotopic (exact) mass is 247 g/mol. The Kier molecular flexibility index (Phi) is 5.43. The second-order valence-electron chi connectivity index (χ2n) is 3.61. The average molecular weight is 247 g/mol. The van der Waals surface area contributed by atoms with Crippen molar-refractivity contribution in [3.63, 3.8) is 0 Å². The molecule has 3 N–H and O–H groups in total. The maximum absolute atomic E-state index is 11.6. The number of carbonyl (C=O) groups excluding carboxylic acids is 3. The van der Waals surface area contributed by atoms with Crippen LogP contribution in [0, 0.1) is 0 Å². The van der Waals surface area contributed by atoms with Crippen LogP contribution in [0.25, 0.3) is 0 Å². The Morgan fingerprint density at radius 3 is 1.94 bits per heavy atom. The van der Waals surface area contributed by atoms with Crippen LogP contribution in [0.4, 0.5) is 0 Å². The average Bonchev–Trinajstić information content (AvgIpc) is 2.41. The first-order valence-electron chi connectivity index (χ1n) is 5.40. The highest BCUT2D eigenvalue weighted by atomic mass is 16.1. The van der Waals surface area contributed by atoms with Crippen LogP contribution in [0.3, 0.4) is 0 Å². The van der Waals surface area contributed by atoms with E-state index < -0.39 is 0 Å². The predicted octanol–water partition coefficient (Wildman–Crippen LogP) is -1.54. The summed E-state index contributed by atoms with van der Waals surface area (Å²) in [5, 5.41) is 7.59. The summed E-state index contributed by atoms with van der Waals surface area (Å²) in [7, 11) is 1.54. The number of benzene rings is 1. The van der Waals surface area contributed by atoms with Crippen LogP contribution >= 0.6 is 0 Å². The Bertz CT molecular complexity index is 421. The molecule has 18 heavy (non-hydrogen) atoms. The molecule has 0 spiro atoms. The van der Waals surface area contributed by atoms with E-state index in [0.717, 1.165) is 11.1 Å². The molecule has 0 aliphatic carbocycles. The second-order valence-corrected chi connectivity index (χ2v) is 3.61. The van der Waals surface area contributed by atoms with Gasteiger partial charge >= 0.3 is 0 Å². The third-order valence-electron chi connectivity index (χ3n) is 2.32. The molecule has 0 saturated carbocycles. The first kappa shape index (κ1) is 13.8. The van der Waals surface area contributed by atoms with E-state index in [4.69, 9.17) is 0 Å². The van der Waals surface area contributed by atoms with E-state index in [0.29, 0.717) is 31.5 Å². The summed E-state index contributed by atoms with van der Waals surface area (Å²) in [5.74, 6) is -0.213. The van der Waals surface area contributed by atoms with Gasteiger partial charge in [-0.15, -0.1) is 0 Å². The summed E-state index contributed by atoms with van der Waals surface area (Å²) < 4.78 is 0. The van der Waals surface area contributed by atoms with Crippen molar-refractivity contribution in [3.05, 3.63) is 34.9 Å². The van der Waals surface area contributed by atoms with Gasteiger partial charge in [-0.05, 0) is 23.3 Å². The van der Waals surface area contributed by atoms with Gasteiger partial charge in [-0.1, -0.05) is 6.07 Å². The number of carbonyl (C=O) groups is 3. The van der Waals surface area contributed by atoms with Crippen molar-refractivity contribution in [2.75, 3.05) is 0 Å². The molecule has 0 radical (unpaired) electrons. The first-order valence-corrected chi connectivity index (χ1v) is 5.40. The van der Waals surface area contributed by atoms with E-state index in [9.17, 15) is 14.4 Å². The van der Waals surface area contributed by atoms with E-state index in [1.54, 1.807) is 20.1 Å². The van der Waals surface area contributed by atoms with Crippen LogP contribution in [0.2, 0.25) is 0 Å². The molecule has 0 bridgehead atoms. The summed E-state index contributed by atoms with van der Waals surface area (Å²) in [6, 6.07) is 5.21. The normalized spacial score (nSPS) is 9.33. The standard InChI is InChI=1S/C11H14BN3O3/c12-15-11(18)10-2-8(4-13-6-16)1-9(3-10)5-14-7-17/h1-3,6-7H,4-5,12H2,(H,13,16)(H,14,17)(H,15,18). The zero-order valence-electron chi connectivity index (χ0n) is 10.0. The van der Waals surface area contributed by atoms with Gasteiger partial charge in [0.05, 0.1) is 0 Å². The van der Waals surface area contributed by atoms with E-state index >= 15 is 0 Å². The van der Waals surface area contributed by atoms with Crippen molar-refractivity contribution in [2.24, 2.45) is 0 Å². The molecule has 0 heterocycles. The summed E-state index contributed by atoms with van der Waals surface area (Å²) in [5.41, 5.74) is 2.09. The van der Waals surface area contributed by atoms with Crippen molar-refractivity contribution >= 4 is 26.7 Å². The zero-order chi connectivity index (χ0) is 13.4. The molecular formula is C11H14BN3O3. The molecule has 0 aliphatic heterocycles. The quantitative estimate of drug-likeness (QED) is 0.403. The van der Waals surface area contributed by atoms with E-state index in [1.165, 1.54) is 0 Å². The van der Waals surface area contributed by atoms with Crippen molar-refractivity contribution in [1.82, 2.24) is 15.9 Å². The van der Waals surface area contributed by atoms with Gasteiger partial charge in [-0.25, -0.2) is 0 Å². The number of hydrogen-bond acceptors (Lipinski definition) is 3. The van der Waals surface area contributed by atoms with E-state index in [1.807, 2.05) is 6.07 Å². The summed E-state index contributed by atoms with van der Waals surface area (Å²) >= 11 is 0. The molecule has 0 unspecified atom stereocenters. The highest BCUT2D eigenvalue weighted by Gasteiger charge is 2.06. The lowest BCUT2D eigenvalue weighted by Crippen LogP contribution is -2.21. The Morgan fingerprint density at radius 2 is 1.56 bits per heavy atom. The molecule has 94 valence electrons. The maximum Gasteiger partial charge on any atom is 0.238 e. The van der Waals surface area contributed by atoms with Gasteiger partial charge in [0.25, 0.3) is 0 Å². The fourth-order valence-electron chi connectivity index (χ4n) is 1.56. The van der Waals surface area contributed by atoms with Crippen molar-refractivity contribution in [2.45, 2.75) is 13.1 Å². The molecule has 0 aliphatic rings. The molecule has 1 aromatic rings. The van der Waals surface area contributed by atoms with Crippen LogP contribution in [0.5, 0.6) is 0 Å². The molecule has 1 aromatic carbocycles. The molecule has 6 nitrogen and oxygen atoms in total. The molecule has 0 atom stereocenters. The van der Waals surface area contributed by atoms with Crippen LogP contribution in [0.15, 0.2) is 18.2 Å². The van der Waals surface area contributed by atoms with Gasteiger partial charge in [0.1, 0.15) is 0 Å². The Hall–Kier alpha value is -2.31. The van der Waals surface area contributed by atoms with Gasteiger partial charge in [0.2, 0.25) is 26.7 Å². The molecule has 3 amide bonds. The Balaban J connectivity index is 2.98. The van der Waals surface area contributed by atoms with Crippen molar-refractivity contribution in [3.8, 4) is 0 Å². The van der Waals surface area contributed by atoms with E-state index in [-0.39, 0.29) is 5.91 Å². The molecular weight excluding hydrogens is 233 g/mol. The van der Waals surface area contributed by atoms with Crippen LogP contribution < -0.4 is 15.9 Å². The largest absolute Gasteiger partial charge is 0.402 e. The Morgan fingerprint density at radius 1 is 1.06 bits per heavy atom. The minimum Gasteiger partial charge on any atom is -0.402 e. The van der Waals surface area contributed by atoms with Crippen LogP contribution in [-0.4, -0.2) is 26.7 Å². The van der Waals surface area contributed by atoms with Crippen LogP contribution in [0.1, 0.15) is 21.5 Å². The molecule has 0 fully saturated rings. The minimum absolute atomic E-state index is 0.213. The van der Waals surface area contributed by atoms with Crippen molar-refractivity contribution in [1.29, 1.82) is 0 Å². The third-order valence-corrected chi connectivity index (χ3v) is 2.32. The molecule has 1 rings (SSSR count). The van der Waals surface area contributed by atoms with Gasteiger partial charge in [-0.2, -0.15) is 0 Å². The molecule has 0 saturated heterocycles.